The molecule has 1 amide bonds. The molecule has 1 N–H and O–H groups in total. The molecule has 0 saturated heterocycles. The van der Waals surface area contributed by atoms with Gasteiger partial charge in [0, 0.05) is 12.6 Å². The van der Waals surface area contributed by atoms with E-state index < -0.39 is 5.97 Å². The Morgan fingerprint density at radius 2 is 2.10 bits per heavy atom. The lowest BCUT2D eigenvalue weighted by Gasteiger charge is -2.06. The van der Waals surface area contributed by atoms with Crippen molar-refractivity contribution >= 4 is 17.6 Å². The van der Waals surface area contributed by atoms with E-state index in [9.17, 15) is 9.59 Å². The number of carbonyl (C=O) groups excluding carboxylic acids is 2. The van der Waals surface area contributed by atoms with Crippen LogP contribution in [0.3, 0.4) is 0 Å². The van der Waals surface area contributed by atoms with Crippen LogP contribution in [0.25, 0.3) is 0 Å². The van der Waals surface area contributed by atoms with Gasteiger partial charge in [-0.2, -0.15) is 0 Å². The second-order valence-electron chi connectivity index (χ2n) is 4.54. The fourth-order valence-electron chi connectivity index (χ4n) is 1.93. The van der Waals surface area contributed by atoms with Crippen molar-refractivity contribution in [1.82, 2.24) is 4.98 Å². The van der Waals surface area contributed by atoms with Crippen LogP contribution in [-0.4, -0.2) is 24.0 Å². The molecule has 0 aliphatic heterocycles. The number of aryl methyl sites for hydroxylation is 2. The lowest BCUT2D eigenvalue weighted by atomic mass is 10.2. The van der Waals surface area contributed by atoms with Crippen molar-refractivity contribution in [2.24, 2.45) is 0 Å². The second-order valence-corrected chi connectivity index (χ2v) is 4.54. The van der Waals surface area contributed by atoms with Crippen molar-refractivity contribution < 1.29 is 18.7 Å². The first-order chi connectivity index (χ1) is 9.99. The first-order valence-corrected chi connectivity index (χ1v) is 6.40. The highest BCUT2D eigenvalue weighted by atomic mass is 16.5. The molecule has 6 heteroatoms. The minimum Gasteiger partial charge on any atom is -0.465 e. The summed E-state index contributed by atoms with van der Waals surface area (Å²) in [4.78, 5) is 27.5. The molecule has 2 aromatic rings. The molecule has 110 valence electrons. The van der Waals surface area contributed by atoms with Gasteiger partial charge in [-0.3, -0.25) is 4.79 Å². The third-order valence-electron chi connectivity index (χ3n) is 2.89. The number of ether oxygens (including phenoxy) is 1. The molecular weight excluding hydrogens is 272 g/mol. The molecular formula is C15H16N2O4. The van der Waals surface area contributed by atoms with Gasteiger partial charge in [0.25, 0.3) is 0 Å². The number of nitrogens with one attached hydrogen (secondary N) is 1. The van der Waals surface area contributed by atoms with Crippen molar-refractivity contribution in [2.45, 2.75) is 20.3 Å². The second kappa shape index (κ2) is 6.21. The Kier molecular flexibility index (Phi) is 4.37. The Morgan fingerprint density at radius 1 is 1.33 bits per heavy atom. The SMILES string of the molecule is COC(=O)c1cccc(NC(=O)Cc2oc(C)nc2C)c1. The number of esters is 1. The van der Waals surface area contributed by atoms with E-state index in [1.807, 2.05) is 0 Å². The quantitative estimate of drug-likeness (QED) is 0.873. The molecule has 0 aliphatic rings. The van der Waals surface area contributed by atoms with Crippen LogP contribution in [0.5, 0.6) is 0 Å². The maximum absolute atomic E-state index is 12.0. The van der Waals surface area contributed by atoms with Crippen molar-refractivity contribution in [1.29, 1.82) is 0 Å². The fraction of sp³-hybridized carbons (Fsp3) is 0.267. The zero-order valence-corrected chi connectivity index (χ0v) is 12.1. The van der Waals surface area contributed by atoms with Crippen LogP contribution in [0.2, 0.25) is 0 Å². The molecule has 6 nitrogen and oxygen atoms in total. The van der Waals surface area contributed by atoms with Crippen LogP contribution in [0, 0.1) is 13.8 Å². The molecule has 0 unspecified atom stereocenters. The number of hydrogen-bond donors (Lipinski definition) is 1. The normalized spacial score (nSPS) is 10.2. The molecule has 0 radical (unpaired) electrons. The van der Waals surface area contributed by atoms with Gasteiger partial charge in [0.15, 0.2) is 5.89 Å². The molecule has 21 heavy (non-hydrogen) atoms. The average Bonchev–Trinajstić information content (AvgIpc) is 2.76. The molecule has 1 aromatic heterocycles. The summed E-state index contributed by atoms with van der Waals surface area (Å²) in [5, 5.41) is 2.71. The van der Waals surface area contributed by atoms with Crippen molar-refractivity contribution in [3.8, 4) is 0 Å². The van der Waals surface area contributed by atoms with Gasteiger partial charge < -0.3 is 14.5 Å². The standard InChI is InChI=1S/C15H16N2O4/c1-9-13(21-10(2)16-9)8-14(18)17-12-6-4-5-11(7-12)15(19)20-3/h4-7H,8H2,1-3H3,(H,17,18). The highest BCUT2D eigenvalue weighted by molar-refractivity contribution is 5.95. The summed E-state index contributed by atoms with van der Waals surface area (Å²) in [6, 6.07) is 6.54. The highest BCUT2D eigenvalue weighted by Gasteiger charge is 2.13. The van der Waals surface area contributed by atoms with Gasteiger partial charge >= 0.3 is 5.97 Å². The van der Waals surface area contributed by atoms with E-state index in [2.05, 4.69) is 15.0 Å². The summed E-state index contributed by atoms with van der Waals surface area (Å²) in [6.45, 7) is 3.52. The number of carbonyl (C=O) groups is 2. The number of nitrogens with zero attached hydrogens (tertiary/aromatic N) is 1. The third kappa shape index (κ3) is 3.68. The zero-order valence-electron chi connectivity index (χ0n) is 12.1. The molecule has 0 spiro atoms. The predicted octanol–water partition coefficient (Wildman–Crippen LogP) is 2.26. The Hall–Kier alpha value is -2.63. The van der Waals surface area contributed by atoms with Gasteiger partial charge in [0.2, 0.25) is 5.91 Å². The molecule has 0 bridgehead atoms. The predicted molar refractivity (Wildman–Crippen MR) is 76.1 cm³/mol. The van der Waals surface area contributed by atoms with Crippen molar-refractivity contribution in [3.05, 3.63) is 47.2 Å². The summed E-state index contributed by atoms with van der Waals surface area (Å²) >= 11 is 0. The summed E-state index contributed by atoms with van der Waals surface area (Å²) in [5.74, 6) is 0.376. The number of hydrogen-bond acceptors (Lipinski definition) is 5. The molecule has 1 aromatic carbocycles. The molecule has 0 atom stereocenters. The van der Waals surface area contributed by atoms with Gasteiger partial charge in [-0.05, 0) is 25.1 Å². The van der Waals surface area contributed by atoms with Gasteiger partial charge in [-0.15, -0.1) is 0 Å². The summed E-state index contributed by atoms with van der Waals surface area (Å²) < 4.78 is 9.99. The first-order valence-electron chi connectivity index (χ1n) is 6.40. The summed E-state index contributed by atoms with van der Waals surface area (Å²) in [6.07, 6.45) is 0.0924. The van der Waals surface area contributed by atoms with Crippen molar-refractivity contribution in [2.75, 3.05) is 12.4 Å². The summed E-state index contributed by atoms with van der Waals surface area (Å²) in [5.41, 5.74) is 1.60. The minimum absolute atomic E-state index is 0.0924. The lowest BCUT2D eigenvalue weighted by molar-refractivity contribution is -0.115. The molecule has 0 saturated carbocycles. The Morgan fingerprint density at radius 3 is 2.71 bits per heavy atom. The topological polar surface area (TPSA) is 81.4 Å². The number of methoxy groups -OCH3 is 1. The van der Waals surface area contributed by atoms with E-state index in [4.69, 9.17) is 4.42 Å². The number of oxazole rings is 1. The highest BCUT2D eigenvalue weighted by Crippen LogP contribution is 2.14. The molecule has 0 aliphatic carbocycles. The Bertz CT molecular complexity index is 676. The minimum atomic E-state index is -0.451. The zero-order chi connectivity index (χ0) is 15.4. The van der Waals surface area contributed by atoms with Gasteiger partial charge in [0.1, 0.15) is 5.76 Å². The Balaban J connectivity index is 2.06. The van der Waals surface area contributed by atoms with E-state index in [0.29, 0.717) is 28.6 Å². The fourth-order valence-corrected chi connectivity index (χ4v) is 1.93. The van der Waals surface area contributed by atoms with Gasteiger partial charge in [0.05, 0.1) is 24.8 Å². The first kappa shape index (κ1) is 14.8. The molecule has 2 rings (SSSR count). The number of rotatable bonds is 4. The maximum atomic E-state index is 12.0. The molecule has 1 heterocycles. The maximum Gasteiger partial charge on any atom is 0.337 e. The Labute approximate surface area is 122 Å². The van der Waals surface area contributed by atoms with E-state index in [0.717, 1.165) is 0 Å². The monoisotopic (exact) mass is 288 g/mol. The number of amides is 1. The number of aromatic nitrogens is 1. The number of benzene rings is 1. The van der Waals surface area contributed by atoms with Gasteiger partial charge in [-0.25, -0.2) is 9.78 Å². The lowest BCUT2D eigenvalue weighted by Crippen LogP contribution is -2.15. The third-order valence-corrected chi connectivity index (χ3v) is 2.89. The summed E-state index contributed by atoms with van der Waals surface area (Å²) in [7, 11) is 1.31. The van der Waals surface area contributed by atoms with E-state index >= 15 is 0 Å². The van der Waals surface area contributed by atoms with Crippen LogP contribution in [0.1, 0.15) is 27.7 Å². The van der Waals surface area contributed by atoms with Crippen LogP contribution in [0.4, 0.5) is 5.69 Å². The largest absolute Gasteiger partial charge is 0.465 e. The van der Waals surface area contributed by atoms with E-state index in [1.165, 1.54) is 7.11 Å². The van der Waals surface area contributed by atoms with Crippen LogP contribution >= 0.6 is 0 Å². The average molecular weight is 288 g/mol. The molecule has 0 fully saturated rings. The van der Waals surface area contributed by atoms with Gasteiger partial charge in [-0.1, -0.05) is 6.07 Å². The van der Waals surface area contributed by atoms with E-state index in [-0.39, 0.29) is 12.3 Å². The van der Waals surface area contributed by atoms with Crippen LogP contribution < -0.4 is 5.32 Å². The smallest absolute Gasteiger partial charge is 0.337 e. The van der Waals surface area contributed by atoms with E-state index in [1.54, 1.807) is 38.1 Å². The number of anilines is 1. The van der Waals surface area contributed by atoms with Crippen LogP contribution in [-0.2, 0) is 16.0 Å². The van der Waals surface area contributed by atoms with Crippen LogP contribution in [0.15, 0.2) is 28.7 Å². The van der Waals surface area contributed by atoms with Crippen molar-refractivity contribution in [3.63, 3.8) is 0 Å².